The lowest BCUT2D eigenvalue weighted by molar-refractivity contribution is -0.131. The molecular formula is C17H22N2O. The van der Waals surface area contributed by atoms with Crippen LogP contribution in [0.3, 0.4) is 0 Å². The number of nitriles is 1. The summed E-state index contributed by atoms with van der Waals surface area (Å²) in [5.74, 6) is 0.949. The van der Waals surface area contributed by atoms with Crippen molar-refractivity contribution in [2.45, 2.75) is 45.6 Å². The Bertz CT molecular complexity index is 504. The maximum Gasteiger partial charge on any atom is 0.222 e. The van der Waals surface area contributed by atoms with Crippen LogP contribution in [0.1, 0.15) is 50.2 Å². The molecule has 1 heterocycles. The summed E-state index contributed by atoms with van der Waals surface area (Å²) >= 11 is 0. The molecule has 0 bridgehead atoms. The Morgan fingerprint density at radius 1 is 1.40 bits per heavy atom. The molecule has 1 saturated heterocycles. The first-order chi connectivity index (χ1) is 9.72. The average molecular weight is 270 g/mol. The summed E-state index contributed by atoms with van der Waals surface area (Å²) < 4.78 is 0. The van der Waals surface area contributed by atoms with Gasteiger partial charge in [0.1, 0.15) is 0 Å². The van der Waals surface area contributed by atoms with Crippen LogP contribution in [0.15, 0.2) is 24.3 Å². The third-order valence-electron chi connectivity index (χ3n) is 4.05. The van der Waals surface area contributed by atoms with Gasteiger partial charge in [0.25, 0.3) is 0 Å². The third-order valence-corrected chi connectivity index (χ3v) is 4.05. The van der Waals surface area contributed by atoms with E-state index in [1.807, 2.05) is 23.1 Å². The highest BCUT2D eigenvalue weighted by Gasteiger charge is 2.21. The van der Waals surface area contributed by atoms with Crippen molar-refractivity contribution in [3.8, 4) is 6.07 Å². The molecule has 1 fully saturated rings. The molecule has 1 amide bonds. The second kappa shape index (κ2) is 7.09. The zero-order valence-electron chi connectivity index (χ0n) is 12.1. The van der Waals surface area contributed by atoms with Crippen LogP contribution in [0.25, 0.3) is 0 Å². The van der Waals surface area contributed by atoms with E-state index in [1.54, 1.807) is 6.07 Å². The highest BCUT2D eigenvalue weighted by molar-refractivity contribution is 5.76. The Balaban J connectivity index is 2.01. The Morgan fingerprint density at radius 3 is 3.00 bits per heavy atom. The molecule has 0 aromatic heterocycles. The lowest BCUT2D eigenvalue weighted by Crippen LogP contribution is -2.29. The molecular weight excluding hydrogens is 248 g/mol. The van der Waals surface area contributed by atoms with E-state index in [2.05, 4.69) is 13.0 Å². The molecule has 106 valence electrons. The molecule has 1 aromatic carbocycles. The van der Waals surface area contributed by atoms with Crippen LogP contribution < -0.4 is 0 Å². The van der Waals surface area contributed by atoms with Gasteiger partial charge in [-0.3, -0.25) is 4.79 Å². The minimum atomic E-state index is 0.256. The van der Waals surface area contributed by atoms with E-state index in [0.717, 1.165) is 24.9 Å². The van der Waals surface area contributed by atoms with Crippen LogP contribution in [0.2, 0.25) is 0 Å². The van der Waals surface area contributed by atoms with E-state index in [9.17, 15) is 4.79 Å². The van der Waals surface area contributed by atoms with E-state index in [-0.39, 0.29) is 5.91 Å². The van der Waals surface area contributed by atoms with Crippen molar-refractivity contribution < 1.29 is 4.79 Å². The SMILES string of the molecule is CCCC1CCC(=O)N(Cc2cccc(C#N)c2)CC1. The molecule has 0 N–H and O–H groups in total. The fourth-order valence-electron chi connectivity index (χ4n) is 2.92. The first kappa shape index (κ1) is 14.6. The Morgan fingerprint density at radius 2 is 2.25 bits per heavy atom. The third kappa shape index (κ3) is 3.84. The van der Waals surface area contributed by atoms with Gasteiger partial charge in [-0.25, -0.2) is 0 Å². The van der Waals surface area contributed by atoms with Crippen molar-refractivity contribution in [1.82, 2.24) is 4.90 Å². The van der Waals surface area contributed by atoms with Crippen molar-refractivity contribution in [2.75, 3.05) is 6.54 Å². The van der Waals surface area contributed by atoms with Gasteiger partial charge in [-0.15, -0.1) is 0 Å². The van der Waals surface area contributed by atoms with E-state index < -0.39 is 0 Å². The van der Waals surface area contributed by atoms with Crippen molar-refractivity contribution in [3.63, 3.8) is 0 Å². The number of hydrogen-bond donors (Lipinski definition) is 0. The van der Waals surface area contributed by atoms with Crippen LogP contribution in [0.4, 0.5) is 0 Å². The normalized spacial score (nSPS) is 19.5. The molecule has 0 spiro atoms. The Hall–Kier alpha value is -1.82. The smallest absolute Gasteiger partial charge is 0.222 e. The first-order valence-corrected chi connectivity index (χ1v) is 7.49. The summed E-state index contributed by atoms with van der Waals surface area (Å²) in [6.07, 6.45) is 5.23. The van der Waals surface area contributed by atoms with E-state index in [0.29, 0.717) is 24.4 Å². The number of amides is 1. The van der Waals surface area contributed by atoms with Crippen molar-refractivity contribution >= 4 is 5.91 Å². The molecule has 20 heavy (non-hydrogen) atoms. The number of nitrogens with zero attached hydrogens (tertiary/aromatic N) is 2. The fraction of sp³-hybridized carbons (Fsp3) is 0.529. The van der Waals surface area contributed by atoms with Crippen LogP contribution in [0, 0.1) is 17.2 Å². The summed E-state index contributed by atoms with van der Waals surface area (Å²) in [6.45, 7) is 3.69. The van der Waals surface area contributed by atoms with Crippen molar-refractivity contribution in [1.29, 1.82) is 5.26 Å². The number of rotatable bonds is 4. The second-order valence-electron chi connectivity index (χ2n) is 5.61. The Kier molecular flexibility index (Phi) is 5.17. The van der Waals surface area contributed by atoms with Crippen LogP contribution in [-0.2, 0) is 11.3 Å². The number of hydrogen-bond acceptors (Lipinski definition) is 2. The molecule has 0 radical (unpaired) electrons. The molecule has 3 heteroatoms. The van der Waals surface area contributed by atoms with E-state index in [1.165, 1.54) is 12.8 Å². The molecule has 2 rings (SSSR count). The van der Waals surface area contributed by atoms with Crippen molar-refractivity contribution in [2.24, 2.45) is 5.92 Å². The van der Waals surface area contributed by atoms with Gasteiger partial charge in [-0.2, -0.15) is 5.26 Å². The number of benzene rings is 1. The number of likely N-dealkylation sites (tertiary alicyclic amines) is 1. The largest absolute Gasteiger partial charge is 0.338 e. The van der Waals surface area contributed by atoms with Crippen molar-refractivity contribution in [3.05, 3.63) is 35.4 Å². The standard InChI is InChI=1S/C17H22N2O/c1-2-4-14-7-8-17(20)19(10-9-14)13-16-6-3-5-15(11-16)12-18/h3,5-6,11,14H,2,4,7-10,13H2,1H3. The van der Waals surface area contributed by atoms with Gasteiger partial charge >= 0.3 is 0 Å². The zero-order valence-corrected chi connectivity index (χ0v) is 12.1. The number of carbonyl (C=O) groups is 1. The Labute approximate surface area is 121 Å². The van der Waals surface area contributed by atoms with Gasteiger partial charge in [0.15, 0.2) is 0 Å². The first-order valence-electron chi connectivity index (χ1n) is 7.49. The molecule has 0 aliphatic carbocycles. The van der Waals surface area contributed by atoms with Gasteiger partial charge in [-0.05, 0) is 36.5 Å². The van der Waals surface area contributed by atoms with Gasteiger partial charge < -0.3 is 4.90 Å². The summed E-state index contributed by atoms with van der Waals surface area (Å²) in [5.41, 5.74) is 1.71. The molecule has 1 aromatic rings. The molecule has 1 unspecified atom stereocenters. The second-order valence-corrected chi connectivity index (χ2v) is 5.61. The van der Waals surface area contributed by atoms with E-state index >= 15 is 0 Å². The quantitative estimate of drug-likeness (QED) is 0.840. The monoisotopic (exact) mass is 270 g/mol. The maximum absolute atomic E-state index is 12.2. The van der Waals surface area contributed by atoms with Crippen LogP contribution in [-0.4, -0.2) is 17.4 Å². The minimum absolute atomic E-state index is 0.256. The fourth-order valence-corrected chi connectivity index (χ4v) is 2.92. The van der Waals surface area contributed by atoms with Gasteiger partial charge in [0.2, 0.25) is 5.91 Å². The summed E-state index contributed by atoms with van der Waals surface area (Å²) in [5, 5.41) is 8.93. The summed E-state index contributed by atoms with van der Waals surface area (Å²) in [7, 11) is 0. The molecule has 3 nitrogen and oxygen atoms in total. The summed E-state index contributed by atoms with van der Waals surface area (Å²) in [6, 6.07) is 9.70. The molecule has 1 aliphatic rings. The molecule has 1 aliphatic heterocycles. The number of carbonyl (C=O) groups excluding carboxylic acids is 1. The highest BCUT2D eigenvalue weighted by Crippen LogP contribution is 2.23. The predicted octanol–water partition coefficient (Wildman–Crippen LogP) is 3.49. The van der Waals surface area contributed by atoms with Gasteiger partial charge in [0, 0.05) is 19.5 Å². The highest BCUT2D eigenvalue weighted by atomic mass is 16.2. The lowest BCUT2D eigenvalue weighted by Gasteiger charge is -2.21. The maximum atomic E-state index is 12.2. The molecule has 1 atom stereocenters. The topological polar surface area (TPSA) is 44.1 Å². The van der Waals surface area contributed by atoms with Gasteiger partial charge in [0.05, 0.1) is 11.6 Å². The van der Waals surface area contributed by atoms with Crippen LogP contribution >= 0.6 is 0 Å². The minimum Gasteiger partial charge on any atom is -0.338 e. The van der Waals surface area contributed by atoms with Gasteiger partial charge in [-0.1, -0.05) is 31.9 Å². The average Bonchev–Trinajstić information content (AvgIpc) is 2.64. The van der Waals surface area contributed by atoms with E-state index in [4.69, 9.17) is 5.26 Å². The molecule has 0 saturated carbocycles. The predicted molar refractivity (Wildman–Crippen MR) is 78.8 cm³/mol. The zero-order chi connectivity index (χ0) is 14.4. The lowest BCUT2D eigenvalue weighted by atomic mass is 9.96. The van der Waals surface area contributed by atoms with Crippen LogP contribution in [0.5, 0.6) is 0 Å². The summed E-state index contributed by atoms with van der Waals surface area (Å²) in [4.78, 5) is 14.1.